The summed E-state index contributed by atoms with van der Waals surface area (Å²) in [6.07, 6.45) is 3.99. The van der Waals surface area contributed by atoms with Gasteiger partial charge in [0.1, 0.15) is 5.54 Å². The number of hydrogen-bond donors (Lipinski definition) is 1. The summed E-state index contributed by atoms with van der Waals surface area (Å²) in [6.45, 7) is 13.7. The smallest absolute Gasteiger partial charge is 0.325 e. The second-order valence-corrected chi connectivity index (χ2v) is 5.74. The van der Waals surface area contributed by atoms with Crippen molar-refractivity contribution >= 4 is 5.97 Å². The van der Waals surface area contributed by atoms with Gasteiger partial charge in [0, 0.05) is 6.04 Å². The lowest BCUT2D eigenvalue weighted by atomic mass is 9.95. The summed E-state index contributed by atoms with van der Waals surface area (Å²) >= 11 is 0. The molecule has 0 aromatic rings. The van der Waals surface area contributed by atoms with Crippen LogP contribution in [0.3, 0.4) is 0 Å². The predicted molar refractivity (Wildman–Crippen MR) is 84.9 cm³/mol. The first-order valence-electron chi connectivity index (χ1n) is 8.02. The average molecular weight is 286 g/mol. The zero-order valence-corrected chi connectivity index (χ0v) is 14.3. The van der Waals surface area contributed by atoms with Gasteiger partial charge >= 0.3 is 5.97 Å². The first-order chi connectivity index (χ1) is 9.45. The Balaban J connectivity index is 4.42. The number of ether oxygens (including phenoxy) is 1. The van der Waals surface area contributed by atoms with E-state index in [0.29, 0.717) is 6.04 Å². The van der Waals surface area contributed by atoms with Gasteiger partial charge in [-0.25, -0.2) is 0 Å². The van der Waals surface area contributed by atoms with Crippen LogP contribution < -0.4 is 5.32 Å². The molecule has 0 aliphatic rings. The van der Waals surface area contributed by atoms with Crippen molar-refractivity contribution in [2.24, 2.45) is 0 Å². The average Bonchev–Trinajstić information content (AvgIpc) is 2.47. The maximum absolute atomic E-state index is 12.0. The van der Waals surface area contributed by atoms with Gasteiger partial charge in [-0.3, -0.25) is 4.79 Å². The van der Waals surface area contributed by atoms with Crippen LogP contribution in [0.5, 0.6) is 0 Å². The third-order valence-corrected chi connectivity index (χ3v) is 4.14. The fraction of sp³-hybridized carbons (Fsp3) is 0.938. The van der Waals surface area contributed by atoms with E-state index < -0.39 is 5.54 Å². The van der Waals surface area contributed by atoms with Gasteiger partial charge in [-0.2, -0.15) is 0 Å². The maximum Gasteiger partial charge on any atom is 0.325 e. The highest BCUT2D eigenvalue weighted by atomic mass is 16.5. The summed E-state index contributed by atoms with van der Waals surface area (Å²) in [7, 11) is 1.46. The van der Waals surface area contributed by atoms with Gasteiger partial charge in [-0.05, 0) is 59.2 Å². The van der Waals surface area contributed by atoms with Crippen LogP contribution in [-0.2, 0) is 9.53 Å². The fourth-order valence-corrected chi connectivity index (χ4v) is 2.47. The molecule has 0 aromatic heterocycles. The van der Waals surface area contributed by atoms with Gasteiger partial charge in [0.25, 0.3) is 0 Å². The molecule has 0 aromatic carbocycles. The van der Waals surface area contributed by atoms with Crippen LogP contribution in [0.4, 0.5) is 0 Å². The lowest BCUT2D eigenvalue weighted by Gasteiger charge is -2.31. The van der Waals surface area contributed by atoms with Crippen molar-refractivity contribution in [1.29, 1.82) is 0 Å². The molecule has 2 unspecified atom stereocenters. The summed E-state index contributed by atoms with van der Waals surface area (Å²) in [6, 6.07) is 0.605. The Labute approximate surface area is 125 Å². The molecule has 0 bridgehead atoms. The molecule has 0 spiro atoms. The number of carbonyl (C=O) groups excluding carboxylic acids is 1. The molecule has 0 heterocycles. The molecule has 0 rings (SSSR count). The number of carbonyl (C=O) groups is 1. The molecule has 2 atom stereocenters. The third kappa shape index (κ3) is 6.23. The third-order valence-electron chi connectivity index (χ3n) is 4.14. The van der Waals surface area contributed by atoms with Gasteiger partial charge in [0.05, 0.1) is 7.11 Å². The molecule has 0 radical (unpaired) electrons. The van der Waals surface area contributed by atoms with Gasteiger partial charge in [-0.15, -0.1) is 0 Å². The minimum absolute atomic E-state index is 0.155. The van der Waals surface area contributed by atoms with Gasteiger partial charge in [0.2, 0.25) is 0 Å². The summed E-state index contributed by atoms with van der Waals surface area (Å²) in [5.41, 5.74) is -0.556. The largest absolute Gasteiger partial charge is 0.468 e. The predicted octanol–water partition coefficient (Wildman–Crippen LogP) is 2.82. The Morgan fingerprint density at radius 3 is 2.45 bits per heavy atom. The SMILES string of the molecule is CCCNC(C)(CCCN(CC)C(C)CC)C(=O)OC. The molecular formula is C16H34N2O2. The lowest BCUT2D eigenvalue weighted by Crippen LogP contribution is -2.51. The lowest BCUT2D eigenvalue weighted by molar-refractivity contribution is -0.148. The molecule has 1 N–H and O–H groups in total. The van der Waals surface area contributed by atoms with E-state index in [2.05, 4.69) is 37.9 Å². The zero-order chi connectivity index (χ0) is 15.6. The van der Waals surface area contributed by atoms with E-state index >= 15 is 0 Å². The van der Waals surface area contributed by atoms with Crippen molar-refractivity contribution in [3.63, 3.8) is 0 Å². The van der Waals surface area contributed by atoms with Crippen LogP contribution in [0.1, 0.15) is 60.3 Å². The number of esters is 1. The molecule has 0 aliphatic heterocycles. The molecule has 0 aliphatic carbocycles. The molecule has 0 amide bonds. The minimum Gasteiger partial charge on any atom is -0.468 e. The molecule has 0 saturated carbocycles. The van der Waals surface area contributed by atoms with Crippen LogP contribution in [0, 0.1) is 0 Å². The van der Waals surface area contributed by atoms with Gasteiger partial charge in [-0.1, -0.05) is 20.8 Å². The second-order valence-electron chi connectivity index (χ2n) is 5.74. The van der Waals surface area contributed by atoms with Crippen LogP contribution in [0.2, 0.25) is 0 Å². The molecule has 4 nitrogen and oxygen atoms in total. The Morgan fingerprint density at radius 2 is 2.00 bits per heavy atom. The fourth-order valence-electron chi connectivity index (χ4n) is 2.47. The second kappa shape index (κ2) is 10.2. The maximum atomic E-state index is 12.0. The molecule has 0 fully saturated rings. The van der Waals surface area contributed by atoms with Gasteiger partial charge < -0.3 is 15.0 Å². The summed E-state index contributed by atoms with van der Waals surface area (Å²) in [5, 5.41) is 3.34. The van der Waals surface area contributed by atoms with E-state index in [-0.39, 0.29) is 5.97 Å². The zero-order valence-electron chi connectivity index (χ0n) is 14.3. The monoisotopic (exact) mass is 286 g/mol. The van der Waals surface area contributed by atoms with Crippen LogP contribution in [0.25, 0.3) is 0 Å². The van der Waals surface area contributed by atoms with E-state index in [4.69, 9.17) is 4.74 Å². The van der Waals surface area contributed by atoms with Crippen molar-refractivity contribution in [2.45, 2.75) is 71.9 Å². The summed E-state index contributed by atoms with van der Waals surface area (Å²) in [4.78, 5) is 14.4. The van der Waals surface area contributed by atoms with E-state index in [1.807, 2.05) is 6.92 Å². The number of rotatable bonds is 11. The number of nitrogens with one attached hydrogen (secondary N) is 1. The topological polar surface area (TPSA) is 41.6 Å². The highest BCUT2D eigenvalue weighted by molar-refractivity contribution is 5.80. The highest BCUT2D eigenvalue weighted by Gasteiger charge is 2.33. The molecular weight excluding hydrogens is 252 g/mol. The van der Waals surface area contributed by atoms with Crippen molar-refractivity contribution in [2.75, 3.05) is 26.7 Å². The van der Waals surface area contributed by atoms with E-state index in [0.717, 1.165) is 45.3 Å². The van der Waals surface area contributed by atoms with Crippen LogP contribution in [0.15, 0.2) is 0 Å². The molecule has 120 valence electrons. The standard InChI is InChI=1S/C16H34N2O2/c1-7-12-17-16(5,15(19)20-6)11-10-13-18(9-3)14(4)8-2/h14,17H,7-13H2,1-6H3. The molecule has 20 heavy (non-hydrogen) atoms. The van der Waals surface area contributed by atoms with E-state index in [9.17, 15) is 4.79 Å². The van der Waals surface area contributed by atoms with Crippen LogP contribution >= 0.6 is 0 Å². The quantitative estimate of drug-likeness (QED) is 0.593. The van der Waals surface area contributed by atoms with E-state index in [1.165, 1.54) is 7.11 Å². The Bertz CT molecular complexity index is 271. The van der Waals surface area contributed by atoms with Crippen LogP contribution in [-0.4, -0.2) is 49.2 Å². The molecule has 0 saturated heterocycles. The first kappa shape index (κ1) is 19.4. The van der Waals surface area contributed by atoms with Crippen molar-refractivity contribution in [3.8, 4) is 0 Å². The van der Waals surface area contributed by atoms with Gasteiger partial charge in [0.15, 0.2) is 0 Å². The number of nitrogens with zero attached hydrogens (tertiary/aromatic N) is 1. The summed E-state index contributed by atoms with van der Waals surface area (Å²) < 4.78 is 4.95. The normalized spacial score (nSPS) is 15.9. The van der Waals surface area contributed by atoms with Crippen molar-refractivity contribution in [1.82, 2.24) is 10.2 Å². The van der Waals surface area contributed by atoms with Crippen molar-refractivity contribution < 1.29 is 9.53 Å². The number of methoxy groups -OCH3 is 1. The van der Waals surface area contributed by atoms with Crippen molar-refractivity contribution in [3.05, 3.63) is 0 Å². The highest BCUT2D eigenvalue weighted by Crippen LogP contribution is 2.16. The Hall–Kier alpha value is -0.610. The molecule has 4 heteroatoms. The van der Waals surface area contributed by atoms with E-state index in [1.54, 1.807) is 0 Å². The first-order valence-corrected chi connectivity index (χ1v) is 8.02. The minimum atomic E-state index is -0.556. The Kier molecular flexibility index (Phi) is 9.86. The summed E-state index contributed by atoms with van der Waals surface area (Å²) in [5.74, 6) is -0.155. The number of hydrogen-bond acceptors (Lipinski definition) is 4. The Morgan fingerprint density at radius 1 is 1.35 bits per heavy atom.